The summed E-state index contributed by atoms with van der Waals surface area (Å²) in [7, 11) is 0. The molecule has 20 heavy (non-hydrogen) atoms. The van der Waals surface area contributed by atoms with Crippen LogP contribution in [-0.4, -0.2) is 16.3 Å². The number of hydrogen-bond donors (Lipinski definition) is 2. The molecule has 0 saturated heterocycles. The molecule has 0 saturated carbocycles. The molecule has 0 aliphatic heterocycles. The molecule has 0 fully saturated rings. The maximum absolute atomic E-state index is 10.7. The van der Waals surface area contributed by atoms with Gasteiger partial charge in [-0.25, -0.2) is 0 Å². The largest absolute Gasteiger partial charge is 0.393 e. The zero-order valence-corrected chi connectivity index (χ0v) is 13.6. The molecule has 0 unspecified atom stereocenters. The van der Waals surface area contributed by atoms with E-state index in [2.05, 4.69) is 26.5 Å². The van der Waals surface area contributed by atoms with Crippen LogP contribution in [0, 0.1) is 5.41 Å². The van der Waals surface area contributed by atoms with E-state index in [0.29, 0.717) is 5.92 Å². The van der Waals surface area contributed by atoms with Crippen LogP contribution in [0.25, 0.3) is 5.57 Å². The van der Waals surface area contributed by atoms with Gasteiger partial charge in [-0.2, -0.15) is 0 Å². The van der Waals surface area contributed by atoms with E-state index in [0.717, 1.165) is 16.7 Å². The van der Waals surface area contributed by atoms with Crippen molar-refractivity contribution in [2.75, 3.05) is 0 Å². The molecule has 0 aromatic heterocycles. The minimum Gasteiger partial charge on any atom is -0.393 e. The molecule has 1 aromatic carbocycles. The van der Waals surface area contributed by atoms with E-state index in [-0.39, 0.29) is 0 Å². The van der Waals surface area contributed by atoms with Gasteiger partial charge in [-0.3, -0.25) is 0 Å². The lowest BCUT2D eigenvalue weighted by atomic mass is 9.76. The van der Waals surface area contributed by atoms with Crippen LogP contribution in [0.1, 0.15) is 70.3 Å². The molecular formula is C18H28O2. The van der Waals surface area contributed by atoms with Gasteiger partial charge in [0.25, 0.3) is 0 Å². The quantitative estimate of drug-likeness (QED) is 0.842. The van der Waals surface area contributed by atoms with Crippen molar-refractivity contribution in [2.45, 2.75) is 59.7 Å². The van der Waals surface area contributed by atoms with E-state index in [1.165, 1.54) is 5.56 Å². The van der Waals surface area contributed by atoms with Crippen LogP contribution in [-0.2, 0) is 0 Å². The highest BCUT2D eigenvalue weighted by molar-refractivity contribution is 5.66. The lowest BCUT2D eigenvalue weighted by molar-refractivity contribution is -0.0404. The van der Waals surface area contributed by atoms with Crippen molar-refractivity contribution in [3.05, 3.63) is 41.5 Å². The molecule has 0 aliphatic rings. The van der Waals surface area contributed by atoms with E-state index >= 15 is 0 Å². The predicted molar refractivity (Wildman–Crippen MR) is 85.7 cm³/mol. The van der Waals surface area contributed by atoms with Gasteiger partial charge in [0, 0.05) is 5.41 Å². The highest BCUT2D eigenvalue weighted by atomic mass is 16.3. The average molecular weight is 276 g/mol. The summed E-state index contributed by atoms with van der Waals surface area (Å²) in [5.74, 6) is 0.434. The monoisotopic (exact) mass is 276 g/mol. The highest BCUT2D eigenvalue weighted by Crippen LogP contribution is 2.39. The molecule has 2 heteroatoms. The van der Waals surface area contributed by atoms with Crippen LogP contribution in [0.4, 0.5) is 0 Å². The Bertz CT molecular complexity index is 484. The smallest absolute Gasteiger partial charge is 0.0871 e. The van der Waals surface area contributed by atoms with Gasteiger partial charge in [0.05, 0.1) is 12.2 Å². The van der Waals surface area contributed by atoms with Gasteiger partial charge in [0.15, 0.2) is 0 Å². The molecule has 2 nitrogen and oxygen atoms in total. The number of hydrogen-bond acceptors (Lipinski definition) is 2. The van der Waals surface area contributed by atoms with E-state index in [4.69, 9.17) is 0 Å². The fourth-order valence-electron chi connectivity index (χ4n) is 2.17. The Balaban J connectivity index is 3.34. The Hall–Kier alpha value is -1.12. The molecule has 0 heterocycles. The lowest BCUT2D eigenvalue weighted by Crippen LogP contribution is -2.33. The third-order valence-corrected chi connectivity index (χ3v) is 4.28. The average Bonchev–Trinajstić information content (AvgIpc) is 2.36. The molecule has 2 N–H and O–H groups in total. The lowest BCUT2D eigenvalue weighted by Gasteiger charge is -2.35. The normalized spacial score (nSPS) is 15.2. The number of rotatable bonds is 5. The Kier molecular flexibility index (Phi) is 5.17. The molecule has 0 radical (unpaired) electrons. The van der Waals surface area contributed by atoms with E-state index in [1.807, 2.05) is 32.9 Å². The van der Waals surface area contributed by atoms with Crippen molar-refractivity contribution in [1.29, 1.82) is 0 Å². The maximum Gasteiger partial charge on any atom is 0.0871 e. The first-order valence-corrected chi connectivity index (χ1v) is 7.24. The molecule has 0 spiro atoms. The fraction of sp³-hybridized carbons (Fsp3) is 0.556. The maximum atomic E-state index is 10.7. The summed E-state index contributed by atoms with van der Waals surface area (Å²) in [6.45, 7) is 15.7. The second-order valence-corrected chi connectivity index (χ2v) is 6.68. The Morgan fingerprint density at radius 1 is 1.15 bits per heavy atom. The van der Waals surface area contributed by atoms with Crippen molar-refractivity contribution in [1.82, 2.24) is 0 Å². The predicted octanol–water partition coefficient (Wildman–Crippen LogP) is 4.28. The first-order chi connectivity index (χ1) is 9.09. The summed E-state index contributed by atoms with van der Waals surface area (Å²) >= 11 is 0. The SMILES string of the molecule is C=C(C)c1cc(C(C)C)ccc1[C@H](O)C(C)(C)[C@H](C)O. The summed E-state index contributed by atoms with van der Waals surface area (Å²) in [5.41, 5.74) is 3.38. The minimum atomic E-state index is -0.726. The van der Waals surface area contributed by atoms with Gasteiger partial charge in [-0.1, -0.05) is 58.0 Å². The van der Waals surface area contributed by atoms with Gasteiger partial charge < -0.3 is 10.2 Å². The first kappa shape index (κ1) is 16.9. The number of aliphatic hydroxyl groups is 2. The molecule has 112 valence electrons. The molecule has 1 aromatic rings. The van der Waals surface area contributed by atoms with Crippen LogP contribution in [0.2, 0.25) is 0 Å². The van der Waals surface area contributed by atoms with Crippen molar-refractivity contribution in [3.8, 4) is 0 Å². The second-order valence-electron chi connectivity index (χ2n) is 6.68. The van der Waals surface area contributed by atoms with E-state index < -0.39 is 17.6 Å². The van der Waals surface area contributed by atoms with Crippen molar-refractivity contribution in [2.24, 2.45) is 5.41 Å². The zero-order valence-electron chi connectivity index (χ0n) is 13.6. The van der Waals surface area contributed by atoms with Crippen LogP contribution in [0.5, 0.6) is 0 Å². The molecule has 0 bridgehead atoms. The third kappa shape index (κ3) is 3.31. The van der Waals surface area contributed by atoms with Crippen LogP contribution in [0.3, 0.4) is 0 Å². The van der Waals surface area contributed by atoms with Crippen molar-refractivity contribution >= 4 is 5.57 Å². The van der Waals surface area contributed by atoms with Crippen LogP contribution >= 0.6 is 0 Å². The van der Waals surface area contributed by atoms with Gasteiger partial charge in [0.2, 0.25) is 0 Å². The summed E-state index contributed by atoms with van der Waals surface area (Å²) in [6.07, 6.45) is -1.32. The summed E-state index contributed by atoms with van der Waals surface area (Å²) < 4.78 is 0. The Morgan fingerprint density at radius 3 is 2.10 bits per heavy atom. The Morgan fingerprint density at radius 2 is 1.70 bits per heavy atom. The molecule has 0 amide bonds. The van der Waals surface area contributed by atoms with Crippen molar-refractivity contribution < 1.29 is 10.2 Å². The second kappa shape index (κ2) is 6.11. The molecule has 1 rings (SSSR count). The van der Waals surface area contributed by atoms with Gasteiger partial charge in [-0.05, 0) is 36.5 Å². The topological polar surface area (TPSA) is 40.5 Å². The summed E-state index contributed by atoms with van der Waals surface area (Å²) in [4.78, 5) is 0. The highest BCUT2D eigenvalue weighted by Gasteiger charge is 2.35. The standard InChI is InChI=1S/C18H28O2/c1-11(2)14-8-9-15(16(10-14)12(3)4)17(20)18(6,7)13(5)19/h8-11,13,17,19-20H,3H2,1-2,4-7H3/t13-,17-/m0/s1. The fourth-order valence-corrected chi connectivity index (χ4v) is 2.17. The minimum absolute atomic E-state index is 0.434. The first-order valence-electron chi connectivity index (χ1n) is 7.24. The molecule has 2 atom stereocenters. The Labute approximate surface area is 123 Å². The number of allylic oxidation sites excluding steroid dienone is 1. The van der Waals surface area contributed by atoms with E-state index in [1.54, 1.807) is 6.92 Å². The molecular weight excluding hydrogens is 248 g/mol. The van der Waals surface area contributed by atoms with Crippen LogP contribution in [0.15, 0.2) is 24.8 Å². The summed E-state index contributed by atoms with van der Waals surface area (Å²) in [6, 6.07) is 6.12. The van der Waals surface area contributed by atoms with Gasteiger partial charge in [-0.15, -0.1) is 0 Å². The number of aliphatic hydroxyl groups excluding tert-OH is 2. The molecule has 0 aliphatic carbocycles. The van der Waals surface area contributed by atoms with Crippen LogP contribution < -0.4 is 0 Å². The van der Waals surface area contributed by atoms with E-state index in [9.17, 15) is 10.2 Å². The van der Waals surface area contributed by atoms with Crippen molar-refractivity contribution in [3.63, 3.8) is 0 Å². The number of benzene rings is 1. The van der Waals surface area contributed by atoms with Gasteiger partial charge >= 0.3 is 0 Å². The zero-order chi connectivity index (χ0) is 15.7. The van der Waals surface area contributed by atoms with Gasteiger partial charge in [0.1, 0.15) is 0 Å². The summed E-state index contributed by atoms with van der Waals surface area (Å²) in [5, 5.41) is 20.6. The third-order valence-electron chi connectivity index (χ3n) is 4.28.